The molecular weight excluding hydrogens is 660 g/mol. The van der Waals surface area contributed by atoms with Crippen molar-refractivity contribution in [3.05, 3.63) is 48.6 Å². The van der Waals surface area contributed by atoms with Gasteiger partial charge in [0.2, 0.25) is 0 Å². The van der Waals surface area contributed by atoms with Gasteiger partial charge in [-0.2, -0.15) is 0 Å². The summed E-state index contributed by atoms with van der Waals surface area (Å²) in [5.41, 5.74) is 0. The van der Waals surface area contributed by atoms with E-state index in [9.17, 15) is 25.2 Å². The summed E-state index contributed by atoms with van der Waals surface area (Å²) >= 11 is 0. The highest BCUT2D eigenvalue weighted by atomic mass is 16.7. The van der Waals surface area contributed by atoms with E-state index in [1.807, 2.05) is 0 Å². The summed E-state index contributed by atoms with van der Waals surface area (Å²) in [6.45, 7) is 4.37. The molecule has 52 heavy (non-hydrogen) atoms. The minimum absolute atomic E-state index is 0.127. The van der Waals surface area contributed by atoms with Crippen molar-refractivity contribution in [1.29, 1.82) is 0 Å². The van der Waals surface area contributed by atoms with Crippen LogP contribution in [0.25, 0.3) is 0 Å². The molecule has 9 heteroatoms. The SMILES string of the molecule is CC/C=C\C/C=C\C/C=C\CCCCCC(=O)OC(COCCCCCCCC/C=C\CCCCCCCC)COC1OC(CO)C(O)C(O)C1O. The molecule has 0 radical (unpaired) electrons. The third-order valence-electron chi connectivity index (χ3n) is 9.23. The Morgan fingerprint density at radius 1 is 0.635 bits per heavy atom. The van der Waals surface area contributed by atoms with Gasteiger partial charge < -0.3 is 39.4 Å². The minimum Gasteiger partial charge on any atom is -0.457 e. The summed E-state index contributed by atoms with van der Waals surface area (Å²) in [5.74, 6) is -0.346. The zero-order valence-electron chi connectivity index (χ0n) is 32.8. The van der Waals surface area contributed by atoms with E-state index in [-0.39, 0.29) is 25.6 Å². The Bertz CT molecular complexity index is 932. The van der Waals surface area contributed by atoms with Crippen molar-refractivity contribution in [2.75, 3.05) is 26.4 Å². The van der Waals surface area contributed by atoms with Gasteiger partial charge in [-0.3, -0.25) is 4.79 Å². The molecule has 0 saturated carbocycles. The second kappa shape index (κ2) is 34.9. The van der Waals surface area contributed by atoms with Crippen LogP contribution >= 0.6 is 0 Å². The molecule has 6 atom stereocenters. The first-order valence-corrected chi connectivity index (χ1v) is 20.7. The van der Waals surface area contributed by atoms with E-state index < -0.39 is 43.4 Å². The van der Waals surface area contributed by atoms with Gasteiger partial charge in [0.1, 0.15) is 30.5 Å². The molecule has 1 heterocycles. The predicted octanol–water partition coefficient (Wildman–Crippen LogP) is 8.58. The Hall–Kier alpha value is -1.85. The van der Waals surface area contributed by atoms with E-state index in [0.29, 0.717) is 13.0 Å². The lowest BCUT2D eigenvalue weighted by molar-refractivity contribution is -0.305. The van der Waals surface area contributed by atoms with Gasteiger partial charge in [0.25, 0.3) is 0 Å². The third kappa shape index (κ3) is 26.0. The number of unbranched alkanes of at least 4 members (excludes halogenated alkanes) is 15. The van der Waals surface area contributed by atoms with Gasteiger partial charge in [0.05, 0.1) is 19.8 Å². The molecule has 0 bridgehead atoms. The van der Waals surface area contributed by atoms with Crippen LogP contribution in [0.3, 0.4) is 0 Å². The van der Waals surface area contributed by atoms with Gasteiger partial charge in [-0.05, 0) is 70.6 Å². The summed E-state index contributed by atoms with van der Waals surface area (Å²) in [7, 11) is 0. The summed E-state index contributed by atoms with van der Waals surface area (Å²) in [6, 6.07) is 0. The number of hydrogen-bond donors (Lipinski definition) is 4. The van der Waals surface area contributed by atoms with Crippen LogP contribution < -0.4 is 0 Å². The number of rotatable bonds is 34. The highest BCUT2D eigenvalue weighted by Gasteiger charge is 2.44. The van der Waals surface area contributed by atoms with Crippen molar-refractivity contribution >= 4 is 5.97 Å². The third-order valence-corrected chi connectivity index (χ3v) is 9.23. The van der Waals surface area contributed by atoms with Gasteiger partial charge in [-0.25, -0.2) is 0 Å². The normalized spacial score (nSPS) is 21.7. The van der Waals surface area contributed by atoms with Gasteiger partial charge in [-0.15, -0.1) is 0 Å². The van der Waals surface area contributed by atoms with E-state index in [4.69, 9.17) is 18.9 Å². The number of aliphatic hydroxyl groups excluding tert-OH is 4. The van der Waals surface area contributed by atoms with Crippen LogP contribution in [0.15, 0.2) is 48.6 Å². The van der Waals surface area contributed by atoms with Crippen molar-refractivity contribution < 1.29 is 44.2 Å². The zero-order chi connectivity index (χ0) is 37.9. The lowest BCUT2D eigenvalue weighted by Crippen LogP contribution is -2.59. The van der Waals surface area contributed by atoms with Crippen molar-refractivity contribution in [3.8, 4) is 0 Å². The smallest absolute Gasteiger partial charge is 0.306 e. The zero-order valence-corrected chi connectivity index (χ0v) is 32.8. The second-order valence-electron chi connectivity index (χ2n) is 14.0. The van der Waals surface area contributed by atoms with Crippen LogP contribution in [-0.4, -0.2) is 89.6 Å². The molecule has 0 aromatic heterocycles. The molecule has 0 spiro atoms. The highest BCUT2D eigenvalue weighted by Crippen LogP contribution is 2.22. The first-order chi connectivity index (χ1) is 25.4. The number of aliphatic hydroxyl groups is 4. The fraction of sp³-hybridized carbons (Fsp3) is 0.791. The minimum atomic E-state index is -1.54. The monoisotopic (exact) mass is 737 g/mol. The van der Waals surface area contributed by atoms with Crippen molar-refractivity contribution in [3.63, 3.8) is 0 Å². The Kier molecular flexibility index (Phi) is 32.3. The molecule has 0 aliphatic carbocycles. The molecule has 0 amide bonds. The van der Waals surface area contributed by atoms with Gasteiger partial charge in [-0.1, -0.05) is 127 Å². The molecule has 9 nitrogen and oxygen atoms in total. The molecule has 0 aromatic carbocycles. The van der Waals surface area contributed by atoms with Crippen LogP contribution in [0.5, 0.6) is 0 Å². The lowest BCUT2D eigenvalue weighted by atomic mass is 9.99. The maximum atomic E-state index is 12.7. The van der Waals surface area contributed by atoms with E-state index in [0.717, 1.165) is 64.2 Å². The van der Waals surface area contributed by atoms with Crippen LogP contribution in [-0.2, 0) is 23.7 Å². The highest BCUT2D eigenvalue weighted by molar-refractivity contribution is 5.69. The molecule has 0 aromatic rings. The van der Waals surface area contributed by atoms with E-state index in [2.05, 4.69) is 62.5 Å². The molecule has 1 aliphatic heterocycles. The summed E-state index contributed by atoms with van der Waals surface area (Å²) in [5, 5.41) is 40.0. The number of carbonyl (C=O) groups excluding carboxylic acids is 1. The Morgan fingerprint density at radius 2 is 1.17 bits per heavy atom. The number of hydrogen-bond acceptors (Lipinski definition) is 9. The topological polar surface area (TPSA) is 135 Å². The predicted molar refractivity (Wildman–Crippen MR) is 210 cm³/mol. The van der Waals surface area contributed by atoms with Crippen LogP contribution in [0.1, 0.15) is 155 Å². The molecule has 1 fully saturated rings. The number of esters is 1. The summed E-state index contributed by atoms with van der Waals surface area (Å²) in [4.78, 5) is 12.7. The maximum absolute atomic E-state index is 12.7. The molecule has 302 valence electrons. The molecular formula is C43H76O9. The standard InChI is InChI=1S/C43H76O9/c1-3-5-7-9-11-13-15-17-18-19-21-23-25-27-29-31-33-49-35-37(36-50-43-42(48)41(47)40(46)38(34-44)52-43)51-39(45)32-30-28-26-24-22-20-16-14-12-10-8-6-4-2/h6,8,12,14,17-18,20,22,37-38,40-44,46-48H,3-5,7,9-11,13,15-16,19,21,23-36H2,1-2H3/b8-6-,14-12-,18-17-,22-20-. The van der Waals surface area contributed by atoms with Crippen LogP contribution in [0.4, 0.5) is 0 Å². The Balaban J connectivity index is 2.32. The van der Waals surface area contributed by atoms with E-state index in [1.54, 1.807) is 0 Å². The number of carbonyl (C=O) groups is 1. The second-order valence-corrected chi connectivity index (χ2v) is 14.0. The number of ether oxygens (including phenoxy) is 4. The first-order valence-electron chi connectivity index (χ1n) is 20.7. The quantitative estimate of drug-likeness (QED) is 0.0291. The lowest BCUT2D eigenvalue weighted by Gasteiger charge is -2.39. The fourth-order valence-electron chi connectivity index (χ4n) is 5.97. The van der Waals surface area contributed by atoms with E-state index in [1.165, 1.54) is 64.2 Å². The summed E-state index contributed by atoms with van der Waals surface area (Å²) in [6.07, 6.45) is 34.2. The Morgan fingerprint density at radius 3 is 1.79 bits per heavy atom. The molecule has 1 saturated heterocycles. The van der Waals surface area contributed by atoms with E-state index >= 15 is 0 Å². The average molecular weight is 737 g/mol. The fourth-order valence-corrected chi connectivity index (χ4v) is 5.97. The van der Waals surface area contributed by atoms with Crippen LogP contribution in [0.2, 0.25) is 0 Å². The molecule has 4 N–H and O–H groups in total. The van der Waals surface area contributed by atoms with Gasteiger partial charge >= 0.3 is 5.97 Å². The maximum Gasteiger partial charge on any atom is 0.306 e. The average Bonchev–Trinajstić information content (AvgIpc) is 3.14. The summed E-state index contributed by atoms with van der Waals surface area (Å²) < 4.78 is 22.7. The Labute approximate surface area is 316 Å². The van der Waals surface area contributed by atoms with Crippen molar-refractivity contribution in [1.82, 2.24) is 0 Å². The molecule has 1 rings (SSSR count). The molecule has 1 aliphatic rings. The van der Waals surface area contributed by atoms with Gasteiger partial charge in [0, 0.05) is 13.0 Å². The first kappa shape index (κ1) is 48.2. The molecule has 6 unspecified atom stereocenters. The van der Waals surface area contributed by atoms with Crippen molar-refractivity contribution in [2.24, 2.45) is 0 Å². The van der Waals surface area contributed by atoms with Crippen molar-refractivity contribution in [2.45, 2.75) is 192 Å². The largest absolute Gasteiger partial charge is 0.457 e. The van der Waals surface area contributed by atoms with Gasteiger partial charge in [0.15, 0.2) is 6.29 Å². The number of allylic oxidation sites excluding steroid dienone is 8. The van der Waals surface area contributed by atoms with Crippen LogP contribution in [0, 0.1) is 0 Å².